The molecule has 4 heterocycles. The summed E-state index contributed by atoms with van der Waals surface area (Å²) in [5.41, 5.74) is 2.63. The fourth-order valence-corrected chi connectivity index (χ4v) is 3.84. The molecule has 0 spiro atoms. The average Bonchev–Trinajstić information content (AvgIpc) is 3.20. The first-order valence-corrected chi connectivity index (χ1v) is 10.2. The lowest BCUT2D eigenvalue weighted by Crippen LogP contribution is -2.20. The van der Waals surface area contributed by atoms with Crippen molar-refractivity contribution in [2.45, 2.75) is 25.5 Å². The number of nitrogens with zero attached hydrogens (tertiary/aromatic N) is 4. The molecule has 0 saturated carbocycles. The highest BCUT2D eigenvalue weighted by Gasteiger charge is 2.24. The number of ether oxygens (including phenoxy) is 1. The smallest absolute Gasteiger partial charge is 0.276 e. The first kappa shape index (κ1) is 19.3. The van der Waals surface area contributed by atoms with E-state index in [9.17, 15) is 9.18 Å². The molecule has 1 unspecified atom stereocenters. The summed E-state index contributed by atoms with van der Waals surface area (Å²) in [4.78, 5) is 20.8. The lowest BCUT2D eigenvalue weighted by Gasteiger charge is -2.23. The molecule has 3 aromatic heterocycles. The zero-order chi connectivity index (χ0) is 21.2. The topological polar surface area (TPSA) is 81.9 Å². The van der Waals surface area contributed by atoms with Crippen molar-refractivity contribution >= 4 is 22.5 Å². The van der Waals surface area contributed by atoms with Crippen molar-refractivity contribution in [1.82, 2.24) is 19.7 Å². The molecule has 7 nitrogen and oxygen atoms in total. The number of hydrogen-bond acceptors (Lipinski definition) is 5. The van der Waals surface area contributed by atoms with Gasteiger partial charge in [-0.05, 0) is 61.2 Å². The Balaban J connectivity index is 1.62. The molecule has 0 radical (unpaired) electrons. The van der Waals surface area contributed by atoms with Gasteiger partial charge >= 0.3 is 0 Å². The molecule has 1 aromatic carbocycles. The van der Waals surface area contributed by atoms with Gasteiger partial charge in [0.1, 0.15) is 0 Å². The van der Waals surface area contributed by atoms with Crippen LogP contribution in [0.1, 0.15) is 36.0 Å². The number of carbonyl (C=O) groups excluding carboxylic acids is 1. The summed E-state index contributed by atoms with van der Waals surface area (Å²) in [6.07, 6.45) is 7.24. The minimum absolute atomic E-state index is 0.236. The molecule has 1 aliphatic rings. The summed E-state index contributed by atoms with van der Waals surface area (Å²) < 4.78 is 22.0. The van der Waals surface area contributed by atoms with Crippen molar-refractivity contribution in [3.05, 3.63) is 72.7 Å². The lowest BCUT2D eigenvalue weighted by molar-refractivity contribution is -0.0367. The highest BCUT2D eigenvalue weighted by molar-refractivity contribution is 6.11. The maximum absolute atomic E-state index is 14.3. The third-order valence-electron chi connectivity index (χ3n) is 5.36. The number of pyridine rings is 2. The van der Waals surface area contributed by atoms with Crippen molar-refractivity contribution in [2.24, 2.45) is 0 Å². The number of benzene rings is 1. The standard InChI is InChI=1S/C23H20FN5O2/c24-22-17(4-3-10-26-22)15-6-7-19-18(14-15)21(23(30)27-16-8-11-25-12-9-16)28-29(19)20-5-1-2-13-31-20/h3-4,6-12,14,20H,1-2,5,13H2,(H,25,27,30). The number of fused-ring (bicyclic) bond motifs is 1. The van der Waals surface area contributed by atoms with Crippen LogP contribution in [0.2, 0.25) is 0 Å². The van der Waals surface area contributed by atoms with Crippen LogP contribution >= 0.6 is 0 Å². The summed E-state index contributed by atoms with van der Waals surface area (Å²) in [6, 6.07) is 12.2. The zero-order valence-corrected chi connectivity index (χ0v) is 16.7. The zero-order valence-electron chi connectivity index (χ0n) is 16.7. The molecule has 8 heteroatoms. The van der Waals surface area contributed by atoms with Crippen molar-refractivity contribution in [3.63, 3.8) is 0 Å². The molecule has 1 N–H and O–H groups in total. The van der Waals surface area contributed by atoms with Gasteiger partial charge in [-0.1, -0.05) is 6.07 Å². The molecule has 1 atom stereocenters. The third kappa shape index (κ3) is 3.77. The Morgan fingerprint density at radius 1 is 1.13 bits per heavy atom. The SMILES string of the molecule is O=C(Nc1ccncc1)c1nn(C2CCCCO2)c2ccc(-c3cccnc3F)cc12. The van der Waals surface area contributed by atoms with Crippen LogP contribution in [0.5, 0.6) is 0 Å². The number of nitrogens with one attached hydrogen (secondary N) is 1. The fraction of sp³-hybridized carbons (Fsp3) is 0.217. The van der Waals surface area contributed by atoms with Crippen LogP contribution in [0.25, 0.3) is 22.0 Å². The quantitative estimate of drug-likeness (QED) is 0.492. The Bertz CT molecular complexity index is 1240. The highest BCUT2D eigenvalue weighted by Crippen LogP contribution is 2.32. The van der Waals surface area contributed by atoms with Crippen LogP contribution in [-0.2, 0) is 4.74 Å². The molecule has 1 aliphatic heterocycles. The van der Waals surface area contributed by atoms with Gasteiger partial charge in [0.2, 0.25) is 5.95 Å². The van der Waals surface area contributed by atoms with Gasteiger partial charge in [0, 0.05) is 41.8 Å². The Kier molecular flexibility index (Phi) is 5.13. The minimum atomic E-state index is -0.562. The Morgan fingerprint density at radius 3 is 2.77 bits per heavy atom. The summed E-state index contributed by atoms with van der Waals surface area (Å²) in [5, 5.41) is 8.10. The van der Waals surface area contributed by atoms with Crippen LogP contribution in [-0.4, -0.2) is 32.3 Å². The number of hydrogen-bond donors (Lipinski definition) is 1. The van der Waals surface area contributed by atoms with Crippen LogP contribution in [0, 0.1) is 5.95 Å². The molecule has 1 fully saturated rings. The number of anilines is 1. The summed E-state index contributed by atoms with van der Waals surface area (Å²) in [7, 11) is 0. The van der Waals surface area contributed by atoms with Crippen LogP contribution in [0.3, 0.4) is 0 Å². The van der Waals surface area contributed by atoms with Gasteiger partial charge in [-0.25, -0.2) is 9.67 Å². The predicted molar refractivity (Wildman–Crippen MR) is 114 cm³/mol. The Hall–Kier alpha value is -3.65. The van der Waals surface area contributed by atoms with E-state index >= 15 is 0 Å². The molecule has 0 aliphatic carbocycles. The average molecular weight is 417 g/mol. The molecule has 4 aromatic rings. The van der Waals surface area contributed by atoms with Crippen molar-refractivity contribution in [3.8, 4) is 11.1 Å². The number of halogens is 1. The fourth-order valence-electron chi connectivity index (χ4n) is 3.84. The second kappa shape index (κ2) is 8.23. The molecule has 156 valence electrons. The number of aromatic nitrogens is 4. The largest absolute Gasteiger partial charge is 0.356 e. The lowest BCUT2D eigenvalue weighted by atomic mass is 10.0. The first-order chi connectivity index (χ1) is 15.2. The number of rotatable bonds is 4. The highest BCUT2D eigenvalue weighted by atomic mass is 19.1. The van der Waals surface area contributed by atoms with Crippen molar-refractivity contribution < 1.29 is 13.9 Å². The second-order valence-corrected chi connectivity index (χ2v) is 7.38. The van der Waals surface area contributed by atoms with Gasteiger partial charge in [-0.3, -0.25) is 9.78 Å². The number of amides is 1. The van der Waals surface area contributed by atoms with E-state index in [0.717, 1.165) is 24.8 Å². The third-order valence-corrected chi connectivity index (χ3v) is 5.36. The Labute approximate surface area is 177 Å². The molecular weight excluding hydrogens is 397 g/mol. The van der Waals surface area contributed by atoms with Gasteiger partial charge < -0.3 is 10.1 Å². The molecule has 1 amide bonds. The van der Waals surface area contributed by atoms with Crippen molar-refractivity contribution in [2.75, 3.05) is 11.9 Å². The maximum Gasteiger partial charge on any atom is 0.276 e. The minimum Gasteiger partial charge on any atom is -0.356 e. The van der Waals surface area contributed by atoms with E-state index in [-0.39, 0.29) is 17.8 Å². The normalized spacial score (nSPS) is 16.4. The summed E-state index contributed by atoms with van der Waals surface area (Å²) in [6.45, 7) is 0.656. The van der Waals surface area contributed by atoms with Crippen LogP contribution < -0.4 is 5.32 Å². The molecule has 31 heavy (non-hydrogen) atoms. The van der Waals surface area contributed by atoms with E-state index in [4.69, 9.17) is 4.74 Å². The van der Waals surface area contributed by atoms with Crippen molar-refractivity contribution in [1.29, 1.82) is 0 Å². The maximum atomic E-state index is 14.3. The first-order valence-electron chi connectivity index (χ1n) is 10.2. The van der Waals surface area contributed by atoms with E-state index < -0.39 is 5.95 Å². The summed E-state index contributed by atoms with van der Waals surface area (Å²) in [5.74, 6) is -0.915. The van der Waals surface area contributed by atoms with Crippen LogP contribution in [0.4, 0.5) is 10.1 Å². The summed E-state index contributed by atoms with van der Waals surface area (Å²) >= 11 is 0. The predicted octanol–water partition coefficient (Wildman–Crippen LogP) is 4.58. The monoisotopic (exact) mass is 417 g/mol. The second-order valence-electron chi connectivity index (χ2n) is 7.38. The van der Waals surface area contributed by atoms with E-state index in [1.807, 2.05) is 12.1 Å². The van der Waals surface area contributed by atoms with Gasteiger partial charge in [0.25, 0.3) is 5.91 Å². The van der Waals surface area contributed by atoms with E-state index in [1.165, 1.54) is 6.20 Å². The van der Waals surface area contributed by atoms with Gasteiger partial charge in [-0.15, -0.1) is 0 Å². The van der Waals surface area contributed by atoms with E-state index in [2.05, 4.69) is 20.4 Å². The van der Waals surface area contributed by atoms with E-state index in [0.29, 0.717) is 28.8 Å². The van der Waals surface area contributed by atoms with Gasteiger partial charge in [-0.2, -0.15) is 9.49 Å². The molecule has 1 saturated heterocycles. The molecular formula is C23H20FN5O2. The van der Waals surface area contributed by atoms with Gasteiger partial charge in [0.05, 0.1) is 5.52 Å². The molecule has 5 rings (SSSR count). The van der Waals surface area contributed by atoms with E-state index in [1.54, 1.807) is 47.4 Å². The van der Waals surface area contributed by atoms with Crippen LogP contribution in [0.15, 0.2) is 61.1 Å². The number of carbonyl (C=O) groups is 1. The van der Waals surface area contributed by atoms with Gasteiger partial charge in [0.15, 0.2) is 11.9 Å². The molecule has 0 bridgehead atoms. The Morgan fingerprint density at radius 2 is 2.00 bits per heavy atom.